The van der Waals surface area contributed by atoms with Crippen molar-refractivity contribution in [3.05, 3.63) is 28.0 Å². The third kappa shape index (κ3) is 3.66. The third-order valence-electron chi connectivity index (χ3n) is 1.68. The van der Waals surface area contributed by atoms with Crippen LogP contribution < -0.4 is 5.32 Å². The van der Waals surface area contributed by atoms with Gasteiger partial charge in [-0.15, -0.1) is 0 Å². The largest absolute Gasteiger partial charge is 0.396 e. The van der Waals surface area contributed by atoms with Gasteiger partial charge in [-0.05, 0) is 18.6 Å². The van der Waals surface area contributed by atoms with Gasteiger partial charge in [-0.3, -0.25) is 4.79 Å². The standard InChI is InChI=1S/C9H10Cl2N2O2/c10-7-3-2-6(8(11)13-7)9(15)12-4-1-5-14/h2-3,14H,1,4-5H2,(H,12,15). The van der Waals surface area contributed by atoms with Crippen molar-refractivity contribution >= 4 is 29.1 Å². The van der Waals surface area contributed by atoms with Gasteiger partial charge in [-0.2, -0.15) is 0 Å². The summed E-state index contributed by atoms with van der Waals surface area (Å²) in [6.07, 6.45) is 0.504. The molecule has 0 aliphatic rings. The second-order valence-electron chi connectivity index (χ2n) is 2.81. The van der Waals surface area contributed by atoms with E-state index in [2.05, 4.69) is 10.3 Å². The average Bonchev–Trinajstić information content (AvgIpc) is 2.17. The highest BCUT2D eigenvalue weighted by atomic mass is 35.5. The summed E-state index contributed by atoms with van der Waals surface area (Å²) in [5.41, 5.74) is 0.277. The van der Waals surface area contributed by atoms with E-state index >= 15 is 0 Å². The van der Waals surface area contributed by atoms with Crippen LogP contribution in [-0.4, -0.2) is 29.1 Å². The number of carbonyl (C=O) groups excluding carboxylic acids is 1. The molecular formula is C9H10Cl2N2O2. The Morgan fingerprint density at radius 3 is 2.80 bits per heavy atom. The van der Waals surface area contributed by atoms with Crippen LogP contribution >= 0.6 is 23.2 Å². The van der Waals surface area contributed by atoms with Crippen LogP contribution in [0.25, 0.3) is 0 Å². The van der Waals surface area contributed by atoms with E-state index in [1.165, 1.54) is 12.1 Å². The summed E-state index contributed by atoms with van der Waals surface area (Å²) in [6.45, 7) is 0.432. The molecule has 0 fully saturated rings. The minimum atomic E-state index is -0.322. The molecule has 6 heteroatoms. The fourth-order valence-corrected chi connectivity index (χ4v) is 1.39. The minimum Gasteiger partial charge on any atom is -0.396 e. The molecule has 4 nitrogen and oxygen atoms in total. The van der Waals surface area contributed by atoms with E-state index in [9.17, 15) is 4.79 Å². The van der Waals surface area contributed by atoms with Gasteiger partial charge in [-0.25, -0.2) is 4.98 Å². The van der Waals surface area contributed by atoms with E-state index in [0.717, 1.165) is 0 Å². The fraction of sp³-hybridized carbons (Fsp3) is 0.333. The summed E-state index contributed by atoms with van der Waals surface area (Å²) in [5.74, 6) is -0.322. The van der Waals surface area contributed by atoms with Crippen LogP contribution in [0.2, 0.25) is 10.3 Å². The molecule has 1 aromatic rings. The number of halogens is 2. The second-order valence-corrected chi connectivity index (χ2v) is 3.55. The zero-order chi connectivity index (χ0) is 11.3. The van der Waals surface area contributed by atoms with Crippen LogP contribution in [0.3, 0.4) is 0 Å². The van der Waals surface area contributed by atoms with Gasteiger partial charge in [0.1, 0.15) is 10.3 Å². The molecule has 82 valence electrons. The molecule has 15 heavy (non-hydrogen) atoms. The predicted octanol–water partition coefficient (Wildman–Crippen LogP) is 1.50. The van der Waals surface area contributed by atoms with E-state index in [1.54, 1.807) is 0 Å². The first-order valence-corrected chi connectivity index (χ1v) is 5.12. The monoisotopic (exact) mass is 248 g/mol. The van der Waals surface area contributed by atoms with Gasteiger partial charge in [0.05, 0.1) is 5.56 Å². The van der Waals surface area contributed by atoms with Gasteiger partial charge in [0.25, 0.3) is 5.91 Å². The predicted molar refractivity (Wildman–Crippen MR) is 58.3 cm³/mol. The Morgan fingerprint density at radius 2 is 2.20 bits per heavy atom. The number of carbonyl (C=O) groups is 1. The molecular weight excluding hydrogens is 239 g/mol. The van der Waals surface area contributed by atoms with Crippen LogP contribution in [0.1, 0.15) is 16.8 Å². The van der Waals surface area contributed by atoms with Gasteiger partial charge >= 0.3 is 0 Å². The summed E-state index contributed by atoms with van der Waals surface area (Å²) < 4.78 is 0. The Balaban J connectivity index is 2.65. The molecule has 0 aromatic carbocycles. The molecule has 0 saturated heterocycles. The lowest BCUT2D eigenvalue weighted by molar-refractivity contribution is 0.0951. The molecule has 0 aliphatic carbocycles. The van der Waals surface area contributed by atoms with Crippen LogP contribution in [-0.2, 0) is 0 Å². The minimum absolute atomic E-state index is 0.0346. The fourth-order valence-electron chi connectivity index (χ4n) is 0.958. The van der Waals surface area contributed by atoms with Crippen molar-refractivity contribution in [2.75, 3.05) is 13.2 Å². The summed E-state index contributed by atoms with van der Waals surface area (Å²) in [5, 5.41) is 11.4. The van der Waals surface area contributed by atoms with Crippen LogP contribution in [0.5, 0.6) is 0 Å². The molecule has 0 saturated carbocycles. The number of aromatic nitrogens is 1. The van der Waals surface area contributed by atoms with E-state index in [1.807, 2.05) is 0 Å². The van der Waals surface area contributed by atoms with Crippen molar-refractivity contribution in [1.82, 2.24) is 10.3 Å². The number of aliphatic hydroxyl groups excluding tert-OH is 1. The molecule has 0 radical (unpaired) electrons. The van der Waals surface area contributed by atoms with Crippen LogP contribution in [0.15, 0.2) is 12.1 Å². The third-order valence-corrected chi connectivity index (χ3v) is 2.18. The van der Waals surface area contributed by atoms with E-state index in [4.69, 9.17) is 28.3 Å². The smallest absolute Gasteiger partial charge is 0.254 e. The highest BCUT2D eigenvalue weighted by Gasteiger charge is 2.10. The molecule has 0 atom stereocenters. The van der Waals surface area contributed by atoms with Crippen LogP contribution in [0.4, 0.5) is 0 Å². The normalized spacial score (nSPS) is 10.1. The Morgan fingerprint density at radius 1 is 1.47 bits per heavy atom. The van der Waals surface area contributed by atoms with Gasteiger partial charge in [0.2, 0.25) is 0 Å². The first kappa shape index (κ1) is 12.2. The van der Waals surface area contributed by atoms with Crippen molar-refractivity contribution < 1.29 is 9.90 Å². The van der Waals surface area contributed by atoms with E-state index in [-0.39, 0.29) is 28.4 Å². The number of pyridine rings is 1. The van der Waals surface area contributed by atoms with Gasteiger partial charge in [0.15, 0.2) is 0 Å². The van der Waals surface area contributed by atoms with Crippen molar-refractivity contribution in [3.8, 4) is 0 Å². The topological polar surface area (TPSA) is 62.2 Å². The maximum absolute atomic E-state index is 11.5. The van der Waals surface area contributed by atoms with Crippen molar-refractivity contribution in [1.29, 1.82) is 0 Å². The SMILES string of the molecule is O=C(NCCCO)c1ccc(Cl)nc1Cl. The summed E-state index contributed by atoms with van der Waals surface area (Å²) in [7, 11) is 0. The Bertz CT molecular complexity index is 358. The molecule has 0 aliphatic heterocycles. The summed E-state index contributed by atoms with van der Waals surface area (Å²) >= 11 is 11.3. The number of nitrogens with one attached hydrogen (secondary N) is 1. The maximum atomic E-state index is 11.5. The van der Waals surface area contributed by atoms with Gasteiger partial charge in [0, 0.05) is 13.2 Å². The van der Waals surface area contributed by atoms with Crippen LogP contribution in [0, 0.1) is 0 Å². The molecule has 1 aromatic heterocycles. The highest BCUT2D eigenvalue weighted by molar-refractivity contribution is 6.34. The number of nitrogens with zero attached hydrogens (tertiary/aromatic N) is 1. The van der Waals surface area contributed by atoms with Crippen molar-refractivity contribution in [2.24, 2.45) is 0 Å². The lowest BCUT2D eigenvalue weighted by Gasteiger charge is -2.05. The van der Waals surface area contributed by atoms with Crippen molar-refractivity contribution in [2.45, 2.75) is 6.42 Å². The summed E-state index contributed by atoms with van der Waals surface area (Å²) in [6, 6.07) is 3.00. The molecule has 0 bridgehead atoms. The first-order valence-electron chi connectivity index (χ1n) is 4.36. The quantitative estimate of drug-likeness (QED) is 0.627. The maximum Gasteiger partial charge on any atom is 0.254 e. The second kappa shape index (κ2) is 5.90. The molecule has 1 heterocycles. The van der Waals surface area contributed by atoms with E-state index < -0.39 is 0 Å². The molecule has 0 unspecified atom stereocenters. The average molecular weight is 249 g/mol. The first-order chi connectivity index (χ1) is 7.15. The number of hydrogen-bond acceptors (Lipinski definition) is 3. The number of rotatable bonds is 4. The van der Waals surface area contributed by atoms with Crippen molar-refractivity contribution in [3.63, 3.8) is 0 Å². The Hall–Kier alpha value is -0.840. The van der Waals surface area contributed by atoms with E-state index in [0.29, 0.717) is 13.0 Å². The number of aliphatic hydroxyl groups is 1. The zero-order valence-corrected chi connectivity index (χ0v) is 9.35. The zero-order valence-electron chi connectivity index (χ0n) is 7.83. The lowest BCUT2D eigenvalue weighted by Crippen LogP contribution is -2.25. The lowest BCUT2D eigenvalue weighted by atomic mass is 10.2. The highest BCUT2D eigenvalue weighted by Crippen LogP contribution is 2.16. The Labute approximate surface area is 97.2 Å². The number of hydrogen-bond donors (Lipinski definition) is 2. The molecule has 2 N–H and O–H groups in total. The molecule has 1 rings (SSSR count). The number of amides is 1. The molecule has 1 amide bonds. The summed E-state index contributed by atoms with van der Waals surface area (Å²) in [4.78, 5) is 15.2. The van der Waals surface area contributed by atoms with Gasteiger partial charge in [-0.1, -0.05) is 23.2 Å². The Kier molecular flexibility index (Phi) is 4.81. The molecule has 0 spiro atoms. The van der Waals surface area contributed by atoms with Gasteiger partial charge < -0.3 is 10.4 Å².